The number of benzene rings is 1. The van der Waals surface area contributed by atoms with Crippen molar-refractivity contribution in [2.24, 2.45) is 0 Å². The van der Waals surface area contributed by atoms with Gasteiger partial charge in [-0.05, 0) is 22.0 Å². The fraction of sp³-hybridized carbons (Fsp3) is 0.273. The average molecular weight is 347 g/mol. The van der Waals surface area contributed by atoms with E-state index in [0.29, 0.717) is 0 Å². The first-order chi connectivity index (χ1) is 9.32. The Kier molecular flexibility index (Phi) is 5.44. The number of nitrogens with zero attached hydrogens (tertiary/aromatic N) is 1. The summed E-state index contributed by atoms with van der Waals surface area (Å²) in [6.07, 6.45) is 0. The Morgan fingerprint density at radius 2 is 2.20 bits per heavy atom. The van der Waals surface area contributed by atoms with E-state index in [4.69, 9.17) is 9.84 Å². The van der Waals surface area contributed by atoms with E-state index < -0.39 is 22.8 Å². The summed E-state index contributed by atoms with van der Waals surface area (Å²) < 4.78 is 5.31. The molecule has 0 spiro atoms. The number of carboxylic acid groups (broad SMARTS) is 1. The zero-order valence-electron chi connectivity index (χ0n) is 10.3. The van der Waals surface area contributed by atoms with Gasteiger partial charge in [0.15, 0.2) is 6.04 Å². The molecule has 0 bridgehead atoms. The Labute approximate surface area is 122 Å². The van der Waals surface area contributed by atoms with Gasteiger partial charge in [0.05, 0.1) is 4.92 Å². The summed E-state index contributed by atoms with van der Waals surface area (Å²) in [6.45, 7) is 0.827. The monoisotopic (exact) mass is 346 g/mol. The highest BCUT2D eigenvalue weighted by Crippen LogP contribution is 2.33. The van der Waals surface area contributed by atoms with Crippen LogP contribution < -0.4 is 10.1 Å². The van der Waals surface area contributed by atoms with Gasteiger partial charge in [0.2, 0.25) is 5.91 Å². The number of nitro benzene ring substituents is 1. The van der Waals surface area contributed by atoms with Gasteiger partial charge < -0.3 is 15.2 Å². The Morgan fingerprint density at radius 3 is 2.70 bits per heavy atom. The van der Waals surface area contributed by atoms with Crippen LogP contribution in [0.25, 0.3) is 0 Å². The first-order valence-electron chi connectivity index (χ1n) is 5.38. The molecule has 9 heteroatoms. The molecule has 8 nitrogen and oxygen atoms in total. The third-order valence-electron chi connectivity index (χ3n) is 2.22. The molecule has 1 aromatic carbocycles. The lowest BCUT2D eigenvalue weighted by Gasteiger charge is -2.15. The van der Waals surface area contributed by atoms with Gasteiger partial charge in [0, 0.05) is 13.0 Å². The number of nitro groups is 1. The molecule has 1 rings (SSSR count). The minimum atomic E-state index is -1.26. The van der Waals surface area contributed by atoms with Crippen LogP contribution in [0.15, 0.2) is 22.7 Å². The van der Waals surface area contributed by atoms with Gasteiger partial charge in [-0.2, -0.15) is 0 Å². The number of aliphatic carboxylic acids is 1. The van der Waals surface area contributed by atoms with Crippen molar-refractivity contribution in [1.29, 1.82) is 0 Å². The molecule has 1 amide bonds. The third kappa shape index (κ3) is 4.19. The van der Waals surface area contributed by atoms with Crippen molar-refractivity contribution in [3.05, 3.63) is 32.8 Å². The highest BCUT2D eigenvalue weighted by molar-refractivity contribution is 9.10. The molecule has 0 fully saturated rings. The van der Waals surface area contributed by atoms with E-state index in [-0.39, 0.29) is 22.5 Å². The van der Waals surface area contributed by atoms with E-state index in [2.05, 4.69) is 21.2 Å². The molecule has 0 heterocycles. The van der Waals surface area contributed by atoms with Crippen LogP contribution in [0.5, 0.6) is 5.75 Å². The second kappa shape index (κ2) is 6.85. The van der Waals surface area contributed by atoms with Crippen molar-refractivity contribution in [3.8, 4) is 5.75 Å². The maximum atomic E-state index is 10.9. The smallest absolute Gasteiger partial charge is 0.329 e. The standard InChI is InChI=1S/C11H11BrN2O6/c1-6(15)13-7(11(16)17)5-20-9-4-2-3-8(10(9)12)14(18)19/h2-4,7H,5H2,1H3,(H,13,15)(H,16,17). The molecule has 1 aromatic rings. The molecule has 0 aliphatic carbocycles. The van der Waals surface area contributed by atoms with Crippen LogP contribution in [-0.4, -0.2) is 34.6 Å². The predicted molar refractivity (Wildman–Crippen MR) is 71.5 cm³/mol. The van der Waals surface area contributed by atoms with E-state index in [9.17, 15) is 19.7 Å². The lowest BCUT2D eigenvalue weighted by molar-refractivity contribution is -0.385. The van der Waals surface area contributed by atoms with Crippen LogP contribution >= 0.6 is 15.9 Å². The minimum absolute atomic E-state index is 0.108. The van der Waals surface area contributed by atoms with Gasteiger partial charge in [-0.1, -0.05) is 6.07 Å². The normalized spacial score (nSPS) is 11.5. The van der Waals surface area contributed by atoms with Crippen molar-refractivity contribution in [3.63, 3.8) is 0 Å². The summed E-state index contributed by atoms with van der Waals surface area (Å²) in [7, 11) is 0. The third-order valence-corrected chi connectivity index (χ3v) is 3.02. The number of rotatable bonds is 6. The second-order valence-corrected chi connectivity index (χ2v) is 4.54. The zero-order valence-corrected chi connectivity index (χ0v) is 11.9. The molecule has 1 unspecified atom stereocenters. The highest BCUT2D eigenvalue weighted by atomic mass is 79.9. The van der Waals surface area contributed by atoms with Crippen LogP contribution in [-0.2, 0) is 9.59 Å². The topological polar surface area (TPSA) is 119 Å². The number of halogens is 1. The average Bonchev–Trinajstić information content (AvgIpc) is 2.34. The summed E-state index contributed by atoms with van der Waals surface area (Å²) in [5.74, 6) is -1.66. The van der Waals surface area contributed by atoms with Crippen LogP contribution in [0, 0.1) is 10.1 Å². The number of carbonyl (C=O) groups excluding carboxylic acids is 1. The Morgan fingerprint density at radius 1 is 1.55 bits per heavy atom. The molecule has 0 aromatic heterocycles. The van der Waals surface area contributed by atoms with E-state index in [0.717, 1.165) is 0 Å². The van der Waals surface area contributed by atoms with E-state index in [1.165, 1.54) is 25.1 Å². The molecule has 2 N–H and O–H groups in total. The number of carbonyl (C=O) groups is 2. The molecule has 0 saturated heterocycles. The summed E-state index contributed by atoms with van der Waals surface area (Å²) in [6, 6.07) is 2.90. The zero-order chi connectivity index (χ0) is 15.3. The number of nitrogens with one attached hydrogen (secondary N) is 1. The first kappa shape index (κ1) is 15.9. The molecular weight excluding hydrogens is 336 g/mol. The number of hydrogen-bond acceptors (Lipinski definition) is 5. The van der Waals surface area contributed by atoms with Crippen molar-refractivity contribution >= 4 is 33.5 Å². The van der Waals surface area contributed by atoms with Gasteiger partial charge in [0.1, 0.15) is 16.8 Å². The van der Waals surface area contributed by atoms with Crippen LogP contribution in [0.3, 0.4) is 0 Å². The number of hydrogen-bond donors (Lipinski definition) is 2. The van der Waals surface area contributed by atoms with Crippen LogP contribution in [0.1, 0.15) is 6.92 Å². The number of amides is 1. The highest BCUT2D eigenvalue weighted by Gasteiger charge is 2.21. The fourth-order valence-corrected chi connectivity index (χ4v) is 1.87. The van der Waals surface area contributed by atoms with Crippen molar-refractivity contribution < 1.29 is 24.4 Å². The van der Waals surface area contributed by atoms with E-state index in [1.807, 2.05) is 0 Å². The lowest BCUT2D eigenvalue weighted by Crippen LogP contribution is -2.43. The van der Waals surface area contributed by atoms with Crippen molar-refractivity contribution in [1.82, 2.24) is 5.32 Å². The van der Waals surface area contributed by atoms with Crippen molar-refractivity contribution in [2.75, 3.05) is 6.61 Å². The van der Waals surface area contributed by atoms with E-state index >= 15 is 0 Å². The second-order valence-electron chi connectivity index (χ2n) is 3.75. The quantitative estimate of drug-likeness (QED) is 0.592. The van der Waals surface area contributed by atoms with Crippen molar-refractivity contribution in [2.45, 2.75) is 13.0 Å². The molecule has 1 atom stereocenters. The van der Waals surface area contributed by atoms with Gasteiger partial charge >= 0.3 is 5.97 Å². The molecule has 0 aliphatic rings. The minimum Gasteiger partial charge on any atom is -0.489 e. The Bertz CT molecular complexity index is 548. The molecular formula is C11H11BrN2O6. The summed E-state index contributed by atoms with van der Waals surface area (Å²) in [5, 5.41) is 21.8. The summed E-state index contributed by atoms with van der Waals surface area (Å²) in [5.41, 5.74) is -0.200. The predicted octanol–water partition coefficient (Wildman–Crippen LogP) is 1.33. The van der Waals surface area contributed by atoms with Gasteiger partial charge in [0.25, 0.3) is 5.69 Å². The Balaban J connectivity index is 2.83. The van der Waals surface area contributed by atoms with Crippen LogP contribution in [0.4, 0.5) is 5.69 Å². The first-order valence-corrected chi connectivity index (χ1v) is 6.18. The molecule has 0 saturated carbocycles. The lowest BCUT2D eigenvalue weighted by atomic mass is 10.3. The fourth-order valence-electron chi connectivity index (χ4n) is 1.34. The summed E-state index contributed by atoms with van der Waals surface area (Å²) >= 11 is 3.02. The molecule has 0 aliphatic heterocycles. The van der Waals surface area contributed by atoms with Gasteiger partial charge in [-0.25, -0.2) is 4.79 Å². The molecule has 108 valence electrons. The molecule has 20 heavy (non-hydrogen) atoms. The van der Waals surface area contributed by atoms with Gasteiger partial charge in [-0.15, -0.1) is 0 Å². The Hall–Kier alpha value is -2.16. The van der Waals surface area contributed by atoms with Gasteiger partial charge in [-0.3, -0.25) is 14.9 Å². The number of ether oxygens (including phenoxy) is 1. The summed E-state index contributed by atoms with van der Waals surface area (Å²) in [4.78, 5) is 31.9. The SMILES string of the molecule is CC(=O)NC(COc1cccc([N+](=O)[O-])c1Br)C(=O)O. The largest absolute Gasteiger partial charge is 0.489 e. The number of carboxylic acids is 1. The van der Waals surface area contributed by atoms with E-state index in [1.54, 1.807) is 0 Å². The van der Waals surface area contributed by atoms with Crippen LogP contribution in [0.2, 0.25) is 0 Å². The maximum absolute atomic E-state index is 10.9. The maximum Gasteiger partial charge on any atom is 0.329 e. The molecule has 0 radical (unpaired) electrons.